The van der Waals surface area contributed by atoms with Gasteiger partial charge in [-0.15, -0.1) is 0 Å². The van der Waals surface area contributed by atoms with Crippen molar-refractivity contribution < 1.29 is 4.39 Å². The summed E-state index contributed by atoms with van der Waals surface area (Å²) < 4.78 is 17.3. The lowest BCUT2D eigenvalue weighted by atomic mass is 9.99. The number of halogens is 1. The first-order valence-corrected chi connectivity index (χ1v) is 11.3. The zero-order valence-electron chi connectivity index (χ0n) is 17.0. The molecule has 2 aliphatic rings. The number of rotatable bonds is 3. The zero-order valence-corrected chi connectivity index (χ0v) is 17.8. The van der Waals surface area contributed by atoms with E-state index in [1.54, 1.807) is 21.9 Å². The van der Waals surface area contributed by atoms with Crippen LogP contribution < -0.4 is 10.2 Å². The Morgan fingerprint density at radius 1 is 1.17 bits per heavy atom. The molecule has 4 aromatic rings. The van der Waals surface area contributed by atoms with Gasteiger partial charge in [0, 0.05) is 43.1 Å². The molecular formula is C22H23FN6S. The highest BCUT2D eigenvalue weighted by atomic mass is 32.1. The predicted octanol–water partition coefficient (Wildman–Crippen LogP) is 4.17. The number of hydrogen-bond donors (Lipinski definition) is 1. The number of hydrogen-bond acceptors (Lipinski definition) is 6. The first-order valence-electron chi connectivity index (χ1n) is 10.4. The number of piperidine rings is 1. The van der Waals surface area contributed by atoms with Gasteiger partial charge < -0.3 is 14.6 Å². The lowest BCUT2D eigenvalue weighted by Crippen LogP contribution is -2.47. The predicted molar refractivity (Wildman–Crippen MR) is 118 cm³/mol. The summed E-state index contributed by atoms with van der Waals surface area (Å²) in [6, 6.07) is 5.35. The SMILES string of the molecule is Cc1cn2cc(-c3cc4sc(N(C)[C@@H]5C[C@H]6CC[C@@H](C5)N6)nc4cn3)cc(F)c2n1. The normalized spacial score (nSPS) is 23.5. The maximum Gasteiger partial charge on any atom is 0.186 e. The van der Waals surface area contributed by atoms with Crippen LogP contribution >= 0.6 is 11.3 Å². The van der Waals surface area contributed by atoms with Crippen LogP contribution in [0.2, 0.25) is 0 Å². The number of pyridine rings is 2. The van der Waals surface area contributed by atoms with Crippen molar-refractivity contribution in [3.05, 3.63) is 42.2 Å². The van der Waals surface area contributed by atoms with Gasteiger partial charge in [-0.2, -0.15) is 0 Å². The highest BCUT2D eigenvalue weighted by Gasteiger charge is 2.35. The van der Waals surface area contributed by atoms with Crippen molar-refractivity contribution in [3.8, 4) is 11.3 Å². The van der Waals surface area contributed by atoms with E-state index in [0.29, 0.717) is 23.8 Å². The average Bonchev–Trinajstić information content (AvgIpc) is 3.42. The van der Waals surface area contributed by atoms with Crippen LogP contribution in [0, 0.1) is 12.7 Å². The maximum absolute atomic E-state index is 14.5. The molecule has 2 fully saturated rings. The smallest absolute Gasteiger partial charge is 0.186 e. The van der Waals surface area contributed by atoms with Crippen LogP contribution in [0.15, 0.2) is 30.7 Å². The van der Waals surface area contributed by atoms with E-state index >= 15 is 0 Å². The molecule has 0 aromatic carbocycles. The number of nitrogens with zero attached hydrogens (tertiary/aromatic N) is 5. The highest BCUT2D eigenvalue weighted by Crippen LogP contribution is 2.36. The van der Waals surface area contributed by atoms with Crippen LogP contribution in [0.5, 0.6) is 0 Å². The first-order chi connectivity index (χ1) is 14.5. The van der Waals surface area contributed by atoms with Crippen LogP contribution in [-0.2, 0) is 0 Å². The Bertz CT molecular complexity index is 1250. The maximum atomic E-state index is 14.5. The topological polar surface area (TPSA) is 58.4 Å². The molecule has 0 aliphatic carbocycles. The zero-order chi connectivity index (χ0) is 20.4. The number of thiazole rings is 1. The van der Waals surface area contributed by atoms with Crippen molar-refractivity contribution in [2.45, 2.75) is 50.7 Å². The second-order valence-electron chi connectivity index (χ2n) is 8.60. The van der Waals surface area contributed by atoms with Gasteiger partial charge in [-0.3, -0.25) is 4.98 Å². The van der Waals surface area contributed by atoms with Crippen molar-refractivity contribution in [1.29, 1.82) is 0 Å². The molecule has 8 heteroatoms. The monoisotopic (exact) mass is 422 g/mol. The summed E-state index contributed by atoms with van der Waals surface area (Å²) in [6.07, 6.45) is 10.4. The number of fused-ring (bicyclic) bond motifs is 4. The minimum Gasteiger partial charge on any atom is -0.348 e. The van der Waals surface area contributed by atoms with Gasteiger partial charge in [-0.25, -0.2) is 14.4 Å². The molecule has 1 N–H and O–H groups in total. The molecule has 0 saturated carbocycles. The summed E-state index contributed by atoms with van der Waals surface area (Å²) in [5.74, 6) is -0.340. The van der Waals surface area contributed by atoms with Gasteiger partial charge >= 0.3 is 0 Å². The van der Waals surface area contributed by atoms with Crippen LogP contribution in [0.25, 0.3) is 27.1 Å². The largest absolute Gasteiger partial charge is 0.348 e. The lowest BCUT2D eigenvalue weighted by molar-refractivity contribution is 0.354. The molecule has 0 unspecified atom stereocenters. The third-order valence-corrected chi connectivity index (χ3v) is 7.59. The molecule has 2 aliphatic heterocycles. The fraction of sp³-hybridized carbons (Fsp3) is 0.409. The number of aryl methyl sites for hydroxylation is 1. The molecule has 3 atom stereocenters. The quantitative estimate of drug-likeness (QED) is 0.537. The number of nitrogens with one attached hydrogen (secondary N) is 1. The number of anilines is 1. The second kappa shape index (κ2) is 6.72. The van der Waals surface area contributed by atoms with Gasteiger partial charge in [-0.05, 0) is 44.7 Å². The van der Waals surface area contributed by atoms with E-state index in [1.165, 1.54) is 31.7 Å². The van der Waals surface area contributed by atoms with Crippen LogP contribution in [0.3, 0.4) is 0 Å². The van der Waals surface area contributed by atoms with Gasteiger partial charge in [-0.1, -0.05) is 11.3 Å². The minimum absolute atomic E-state index is 0.340. The van der Waals surface area contributed by atoms with Gasteiger partial charge in [0.1, 0.15) is 5.52 Å². The van der Waals surface area contributed by atoms with Gasteiger partial charge in [0.25, 0.3) is 0 Å². The third-order valence-electron chi connectivity index (χ3n) is 6.48. The van der Waals surface area contributed by atoms with Crippen LogP contribution in [0.4, 0.5) is 9.52 Å². The molecule has 6 nitrogen and oxygen atoms in total. The number of aromatic nitrogens is 4. The second-order valence-corrected chi connectivity index (χ2v) is 9.61. The summed E-state index contributed by atoms with van der Waals surface area (Å²) in [5.41, 5.74) is 3.50. The van der Waals surface area contributed by atoms with Gasteiger partial charge in [0.2, 0.25) is 0 Å². The average molecular weight is 423 g/mol. The van der Waals surface area contributed by atoms with Crippen LogP contribution in [0.1, 0.15) is 31.4 Å². The van der Waals surface area contributed by atoms with E-state index < -0.39 is 0 Å². The van der Waals surface area contributed by atoms with Crippen molar-refractivity contribution in [3.63, 3.8) is 0 Å². The van der Waals surface area contributed by atoms with E-state index in [0.717, 1.165) is 32.3 Å². The van der Waals surface area contributed by atoms with Gasteiger partial charge in [0.15, 0.2) is 16.6 Å². The molecule has 0 amide bonds. The summed E-state index contributed by atoms with van der Waals surface area (Å²) in [7, 11) is 2.16. The lowest BCUT2D eigenvalue weighted by Gasteiger charge is -2.35. The Hall–Kier alpha value is -2.58. The molecule has 2 saturated heterocycles. The number of imidazole rings is 1. The van der Waals surface area contributed by atoms with Gasteiger partial charge in [0.05, 0.1) is 22.3 Å². The van der Waals surface area contributed by atoms with E-state index in [1.807, 2.05) is 25.4 Å². The highest BCUT2D eigenvalue weighted by molar-refractivity contribution is 7.22. The van der Waals surface area contributed by atoms with Crippen molar-refractivity contribution in [1.82, 2.24) is 24.7 Å². The Morgan fingerprint density at radius 3 is 2.77 bits per heavy atom. The van der Waals surface area contributed by atoms with E-state index in [4.69, 9.17) is 4.98 Å². The van der Waals surface area contributed by atoms with Crippen molar-refractivity contribution in [2.75, 3.05) is 11.9 Å². The Balaban J connectivity index is 1.33. The summed E-state index contributed by atoms with van der Waals surface area (Å²) in [5, 5.41) is 4.74. The van der Waals surface area contributed by atoms with Crippen molar-refractivity contribution >= 4 is 32.3 Å². The molecular weight excluding hydrogens is 399 g/mol. The van der Waals surface area contributed by atoms with Crippen molar-refractivity contribution in [2.24, 2.45) is 0 Å². The molecule has 2 bridgehead atoms. The molecule has 0 spiro atoms. The van der Waals surface area contributed by atoms with Crippen LogP contribution in [-0.4, -0.2) is 44.5 Å². The van der Waals surface area contributed by atoms with E-state index in [-0.39, 0.29) is 5.82 Å². The molecule has 30 heavy (non-hydrogen) atoms. The fourth-order valence-electron chi connectivity index (χ4n) is 4.95. The minimum atomic E-state index is -0.340. The molecule has 154 valence electrons. The third kappa shape index (κ3) is 2.97. The van der Waals surface area contributed by atoms with E-state index in [2.05, 4.69) is 27.2 Å². The molecule has 4 aromatic heterocycles. The molecule has 6 heterocycles. The standard InChI is InChI=1S/C22H23FN6S/c1-12-10-29-11-13(5-17(23)21(29)25-12)18-8-20-19(9-24-18)27-22(30-20)28(2)16-6-14-3-4-15(7-16)26-14/h5,8-11,14-16,26H,3-4,6-7H2,1-2H3/t14-,15+,16-. The fourth-order valence-corrected chi connectivity index (χ4v) is 5.95. The first kappa shape index (κ1) is 18.2. The Labute approximate surface area is 177 Å². The Morgan fingerprint density at radius 2 is 1.97 bits per heavy atom. The summed E-state index contributed by atoms with van der Waals surface area (Å²) >= 11 is 1.68. The summed E-state index contributed by atoms with van der Waals surface area (Å²) in [6.45, 7) is 1.86. The summed E-state index contributed by atoms with van der Waals surface area (Å²) in [4.78, 5) is 16.0. The molecule has 0 radical (unpaired) electrons. The molecule has 6 rings (SSSR count). The Kier molecular flexibility index (Phi) is 4.08. The van der Waals surface area contributed by atoms with E-state index in [9.17, 15) is 4.39 Å².